The van der Waals surface area contributed by atoms with E-state index < -0.39 is 18.3 Å². The van der Waals surface area contributed by atoms with Gasteiger partial charge >= 0.3 is 265 Å². The summed E-state index contributed by atoms with van der Waals surface area (Å²) in [5.74, 6) is 0.305. The maximum absolute atomic E-state index is 6.88. The summed E-state index contributed by atoms with van der Waals surface area (Å²) in [6.45, 7) is 9.28. The molecule has 0 radical (unpaired) electrons. The number of unbranched alkanes of at least 4 members (excludes halogenated alkanes) is 1. The van der Waals surface area contributed by atoms with E-state index in [9.17, 15) is 0 Å². The van der Waals surface area contributed by atoms with Crippen molar-refractivity contribution in [2.45, 2.75) is 53.4 Å². The van der Waals surface area contributed by atoms with Gasteiger partial charge in [-0.25, -0.2) is 0 Å². The van der Waals surface area contributed by atoms with E-state index in [1.54, 1.807) is 0 Å². The van der Waals surface area contributed by atoms with Crippen molar-refractivity contribution >= 4 is 62.0 Å². The number of allylic oxidation sites excluding steroid dienone is 4. The third-order valence-electron chi connectivity index (χ3n) is 9.83. The SMILES string of the molecule is Cl.Cl.[CH2]=[Zr]([C]1=CC(C(C)(C)C)=CC1CCCC)([c]1cccc(Cl)c1)([c]1cccc(Cl)c1)[c]1cccc2c1Cc1ccccc1-2. The monoisotopic (exact) mass is 740 g/mol. The molecule has 0 amide bonds. The molecule has 0 N–H and O–H groups in total. The molecule has 6 rings (SSSR count). The van der Waals surface area contributed by atoms with Gasteiger partial charge in [-0.1, -0.05) is 0 Å². The Bertz CT molecular complexity index is 1770. The maximum atomic E-state index is 6.88. The first-order valence-corrected chi connectivity index (χ1v) is 22.7. The number of hydrogen-bond donors (Lipinski definition) is 0. The summed E-state index contributed by atoms with van der Waals surface area (Å²) in [4.78, 5) is 0. The van der Waals surface area contributed by atoms with Gasteiger partial charge in [0.05, 0.1) is 0 Å². The molecule has 2 aliphatic carbocycles. The molecule has 0 fully saturated rings. The molecular weight excluding hydrogens is 701 g/mol. The van der Waals surface area contributed by atoms with E-state index in [1.165, 1.54) is 47.3 Å². The van der Waals surface area contributed by atoms with Crippen molar-refractivity contribution in [3.05, 3.63) is 133 Å². The normalized spacial score (nSPS) is 15.8. The molecule has 0 aromatic heterocycles. The summed E-state index contributed by atoms with van der Waals surface area (Å²) < 4.78 is 11.1. The van der Waals surface area contributed by atoms with Gasteiger partial charge in [-0.05, 0) is 0 Å². The van der Waals surface area contributed by atoms with Gasteiger partial charge in [0.2, 0.25) is 0 Å². The van der Waals surface area contributed by atoms with Crippen LogP contribution in [0.1, 0.15) is 58.1 Å². The number of benzene rings is 4. The van der Waals surface area contributed by atoms with Crippen LogP contribution in [0.15, 0.2) is 112 Å². The molecule has 1 unspecified atom stereocenters. The van der Waals surface area contributed by atoms with E-state index in [0.29, 0.717) is 5.92 Å². The van der Waals surface area contributed by atoms with E-state index in [2.05, 4.69) is 119 Å². The van der Waals surface area contributed by atoms with Gasteiger partial charge in [-0.3, -0.25) is 0 Å². The first-order valence-electron chi connectivity index (χ1n) is 15.3. The zero-order valence-corrected chi connectivity index (χ0v) is 31.6. The standard InChI is InChI=1S/C13H9.C13H21.2C6H4Cl.CH2.2ClH.Zr/c1-3-7-12-10(5-1)9-11-6-2-4-8-13(11)12;1-5-6-7-11-8-9-12(10-11)13(2,3)4;2*7-6-4-2-1-3-5-6;;;;/h1-5,7-8H,9H2;9-11H,5-7H2,1-4H3;2*1-2,4-5H;1H2;2*1H;. The summed E-state index contributed by atoms with van der Waals surface area (Å²) >= 11 is 8.75. The Balaban J connectivity index is 0.00000221. The predicted molar refractivity (Wildman–Crippen MR) is 197 cm³/mol. The van der Waals surface area contributed by atoms with Crippen LogP contribution in [-0.2, 0) is 24.7 Å². The van der Waals surface area contributed by atoms with Gasteiger partial charge in [-0.2, -0.15) is 0 Å². The Morgan fingerprint density at radius 2 is 1.39 bits per heavy atom. The second-order valence-corrected chi connectivity index (χ2v) is 27.0. The molecule has 0 nitrogen and oxygen atoms in total. The molecule has 1 atom stereocenters. The van der Waals surface area contributed by atoms with Crippen molar-refractivity contribution in [2.24, 2.45) is 11.3 Å². The fourth-order valence-electron chi connectivity index (χ4n) is 7.63. The summed E-state index contributed by atoms with van der Waals surface area (Å²) in [7, 11) is 0. The van der Waals surface area contributed by atoms with Crippen LogP contribution >= 0.6 is 48.0 Å². The molecule has 4 aromatic rings. The fourth-order valence-corrected chi connectivity index (χ4v) is 24.9. The van der Waals surface area contributed by atoms with Gasteiger partial charge in [0, 0.05) is 0 Å². The number of rotatable bonds is 7. The van der Waals surface area contributed by atoms with Gasteiger partial charge in [-0.15, -0.1) is 24.8 Å². The van der Waals surface area contributed by atoms with Crippen molar-refractivity contribution < 1.29 is 18.3 Å². The Morgan fingerprint density at radius 1 is 0.795 bits per heavy atom. The van der Waals surface area contributed by atoms with Gasteiger partial charge < -0.3 is 0 Å². The van der Waals surface area contributed by atoms with Crippen LogP contribution in [0, 0.1) is 11.3 Å². The van der Waals surface area contributed by atoms with Crippen LogP contribution in [0.5, 0.6) is 0 Å². The van der Waals surface area contributed by atoms with Crippen LogP contribution in [0.25, 0.3) is 11.1 Å². The Kier molecular flexibility index (Phi) is 10.5. The average Bonchev–Trinajstić information content (AvgIpc) is 3.58. The third-order valence-corrected chi connectivity index (χ3v) is 26.6. The van der Waals surface area contributed by atoms with E-state index in [-0.39, 0.29) is 30.2 Å². The van der Waals surface area contributed by atoms with Crippen LogP contribution in [0.2, 0.25) is 10.0 Å². The molecule has 0 saturated heterocycles. The Labute approximate surface area is 287 Å². The van der Waals surface area contributed by atoms with Crippen molar-refractivity contribution in [1.29, 1.82) is 0 Å². The first-order chi connectivity index (χ1) is 20.1. The fraction of sp³-hybridized carbons (Fsp3) is 0.256. The summed E-state index contributed by atoms with van der Waals surface area (Å²) in [6.07, 6.45) is 9.48. The van der Waals surface area contributed by atoms with Crippen molar-refractivity contribution in [3.63, 3.8) is 0 Å². The van der Waals surface area contributed by atoms with Crippen molar-refractivity contribution in [2.75, 3.05) is 0 Å². The first kappa shape index (κ1) is 35.1. The molecule has 2 aliphatic rings. The van der Waals surface area contributed by atoms with Crippen LogP contribution < -0.4 is 9.81 Å². The Morgan fingerprint density at radius 3 is 1.98 bits per heavy atom. The molecule has 0 bridgehead atoms. The summed E-state index contributed by atoms with van der Waals surface area (Å²) in [5.41, 5.74) is 6.91. The molecule has 4 aromatic carbocycles. The summed E-state index contributed by atoms with van der Waals surface area (Å²) in [5, 5.41) is 1.50. The minimum atomic E-state index is -5.01. The van der Waals surface area contributed by atoms with E-state index in [1.807, 2.05) is 12.1 Å². The van der Waals surface area contributed by atoms with Crippen molar-refractivity contribution in [3.8, 4) is 11.1 Å². The van der Waals surface area contributed by atoms with Crippen LogP contribution in [0.4, 0.5) is 0 Å². The molecule has 0 aliphatic heterocycles. The predicted octanol–water partition coefficient (Wildman–Crippen LogP) is 10.5. The average molecular weight is 744 g/mol. The van der Waals surface area contributed by atoms with Gasteiger partial charge in [0.1, 0.15) is 0 Å². The third kappa shape index (κ3) is 5.60. The van der Waals surface area contributed by atoms with E-state index in [0.717, 1.165) is 29.3 Å². The molecule has 230 valence electrons. The second kappa shape index (κ2) is 13.2. The molecule has 0 saturated carbocycles. The quantitative estimate of drug-likeness (QED) is 0.156. The van der Waals surface area contributed by atoms with E-state index in [4.69, 9.17) is 27.4 Å². The molecule has 44 heavy (non-hydrogen) atoms. The van der Waals surface area contributed by atoms with Gasteiger partial charge in [0.25, 0.3) is 0 Å². The van der Waals surface area contributed by atoms with Crippen LogP contribution in [-0.4, -0.2) is 4.21 Å². The number of halogens is 4. The molecule has 0 spiro atoms. The van der Waals surface area contributed by atoms with Gasteiger partial charge in [0.15, 0.2) is 0 Å². The minimum absolute atomic E-state index is 0. The van der Waals surface area contributed by atoms with Crippen LogP contribution in [0.3, 0.4) is 0 Å². The number of fused-ring (bicyclic) bond motifs is 3. The molecule has 0 heterocycles. The summed E-state index contributed by atoms with van der Waals surface area (Å²) in [6, 6.07) is 33.1. The second-order valence-electron chi connectivity index (χ2n) is 13.4. The zero-order chi connectivity index (χ0) is 29.7. The topological polar surface area (TPSA) is 0 Å². The molecular formula is C39H42Cl4Zr. The van der Waals surface area contributed by atoms with E-state index >= 15 is 0 Å². The Hall–Kier alpha value is -1.73. The number of hydrogen-bond acceptors (Lipinski definition) is 0. The zero-order valence-electron chi connectivity index (χ0n) is 26.0. The molecule has 5 heteroatoms. The van der Waals surface area contributed by atoms with Crippen molar-refractivity contribution in [1.82, 2.24) is 0 Å².